The van der Waals surface area contributed by atoms with E-state index in [9.17, 15) is 4.79 Å². The average molecular weight is 300 g/mol. The number of aliphatic hydroxyl groups excluding tert-OH is 1. The minimum Gasteiger partial charge on any atom is -0.394 e. The molecule has 0 unspecified atom stereocenters. The highest BCUT2D eigenvalue weighted by Crippen LogP contribution is 2.15. The first-order valence-electron chi connectivity index (χ1n) is 5.24. The van der Waals surface area contributed by atoms with Crippen LogP contribution in [-0.2, 0) is 6.54 Å². The number of aromatic nitrogens is 2. The quantitative estimate of drug-likeness (QED) is 0.603. The van der Waals surface area contributed by atoms with Gasteiger partial charge in [-0.25, -0.2) is 4.68 Å². The second-order valence-electron chi connectivity index (χ2n) is 3.36. The van der Waals surface area contributed by atoms with E-state index in [0.29, 0.717) is 23.1 Å². The lowest BCUT2D eigenvalue weighted by molar-refractivity contribution is 0.266. The number of unbranched alkanes of at least 4 members (excludes halogenated alkanes) is 1. The maximum Gasteiger partial charge on any atom is 0.283 e. The standard InChI is InChI=1S/C11H14BrN3O2/c1-2-3-4-5-13-9-8-14-15(6-7-16)11(17)10(9)12/h1,8,13,16H,3-7H2. The van der Waals surface area contributed by atoms with Crippen LogP contribution >= 0.6 is 15.9 Å². The Morgan fingerprint density at radius 2 is 2.41 bits per heavy atom. The molecule has 17 heavy (non-hydrogen) atoms. The van der Waals surface area contributed by atoms with Crippen molar-refractivity contribution in [1.29, 1.82) is 0 Å². The molecule has 1 aromatic rings. The van der Waals surface area contributed by atoms with Crippen LogP contribution in [0.4, 0.5) is 5.69 Å². The molecule has 0 aliphatic rings. The lowest BCUT2D eigenvalue weighted by Gasteiger charge is -2.09. The van der Waals surface area contributed by atoms with Crippen LogP contribution in [0.15, 0.2) is 15.5 Å². The van der Waals surface area contributed by atoms with Gasteiger partial charge in [-0.1, -0.05) is 0 Å². The number of hydrogen-bond acceptors (Lipinski definition) is 4. The van der Waals surface area contributed by atoms with Crippen LogP contribution in [0, 0.1) is 12.3 Å². The van der Waals surface area contributed by atoms with Crippen LogP contribution in [0.5, 0.6) is 0 Å². The van der Waals surface area contributed by atoms with E-state index < -0.39 is 0 Å². The van der Waals surface area contributed by atoms with E-state index in [0.717, 1.165) is 6.42 Å². The molecule has 0 bridgehead atoms. The number of terminal acetylenes is 1. The third-order valence-corrected chi connectivity index (χ3v) is 2.88. The number of nitrogens with zero attached hydrogens (tertiary/aromatic N) is 2. The van der Waals surface area contributed by atoms with Gasteiger partial charge in [0.1, 0.15) is 4.47 Å². The first-order chi connectivity index (χ1) is 8.20. The number of aliphatic hydroxyl groups is 1. The molecule has 0 spiro atoms. The maximum absolute atomic E-state index is 11.7. The van der Waals surface area contributed by atoms with E-state index in [1.165, 1.54) is 4.68 Å². The van der Waals surface area contributed by atoms with Crippen molar-refractivity contribution in [2.75, 3.05) is 18.5 Å². The highest BCUT2D eigenvalue weighted by Gasteiger charge is 2.07. The van der Waals surface area contributed by atoms with Gasteiger partial charge in [0.2, 0.25) is 0 Å². The normalized spacial score (nSPS) is 9.94. The van der Waals surface area contributed by atoms with Crippen LogP contribution in [0.2, 0.25) is 0 Å². The Kier molecular flexibility index (Phi) is 5.73. The van der Waals surface area contributed by atoms with Crippen molar-refractivity contribution in [2.45, 2.75) is 19.4 Å². The zero-order valence-electron chi connectivity index (χ0n) is 9.32. The van der Waals surface area contributed by atoms with Crippen molar-refractivity contribution in [3.63, 3.8) is 0 Å². The average Bonchev–Trinajstić information content (AvgIpc) is 2.33. The first-order valence-corrected chi connectivity index (χ1v) is 6.03. The van der Waals surface area contributed by atoms with Gasteiger partial charge in [-0.3, -0.25) is 4.79 Å². The molecule has 0 saturated heterocycles. The fourth-order valence-electron chi connectivity index (χ4n) is 1.26. The zero-order chi connectivity index (χ0) is 12.7. The summed E-state index contributed by atoms with van der Waals surface area (Å²) in [7, 11) is 0. The van der Waals surface area contributed by atoms with Gasteiger partial charge in [-0.15, -0.1) is 12.3 Å². The molecular weight excluding hydrogens is 286 g/mol. The maximum atomic E-state index is 11.7. The van der Waals surface area contributed by atoms with Crippen molar-refractivity contribution < 1.29 is 5.11 Å². The van der Waals surface area contributed by atoms with Gasteiger partial charge in [-0.2, -0.15) is 5.10 Å². The SMILES string of the molecule is C#CCCCNc1cnn(CCO)c(=O)c1Br. The minimum atomic E-state index is -0.263. The summed E-state index contributed by atoms with van der Waals surface area (Å²) in [5.74, 6) is 2.54. The molecule has 92 valence electrons. The Morgan fingerprint density at radius 3 is 3.06 bits per heavy atom. The molecule has 0 saturated carbocycles. The monoisotopic (exact) mass is 299 g/mol. The van der Waals surface area contributed by atoms with E-state index in [-0.39, 0.29) is 18.7 Å². The molecule has 0 radical (unpaired) electrons. The topological polar surface area (TPSA) is 67.2 Å². The molecule has 6 heteroatoms. The number of nitrogens with one attached hydrogen (secondary N) is 1. The summed E-state index contributed by atoms with van der Waals surface area (Å²) >= 11 is 3.21. The summed E-state index contributed by atoms with van der Waals surface area (Å²) in [6, 6.07) is 0. The molecule has 1 rings (SSSR count). The minimum absolute atomic E-state index is 0.117. The molecule has 1 heterocycles. The predicted octanol–water partition coefficient (Wildman–Crippen LogP) is 0.823. The zero-order valence-corrected chi connectivity index (χ0v) is 10.9. The third-order valence-electron chi connectivity index (χ3n) is 2.11. The van der Waals surface area contributed by atoms with Gasteiger partial charge >= 0.3 is 0 Å². The van der Waals surface area contributed by atoms with Crippen molar-refractivity contribution in [2.24, 2.45) is 0 Å². The second-order valence-corrected chi connectivity index (χ2v) is 4.15. The van der Waals surface area contributed by atoms with Gasteiger partial charge in [0.15, 0.2) is 0 Å². The highest BCUT2D eigenvalue weighted by atomic mass is 79.9. The van der Waals surface area contributed by atoms with Gasteiger partial charge in [0.25, 0.3) is 5.56 Å². The van der Waals surface area contributed by atoms with E-state index in [2.05, 4.69) is 32.3 Å². The van der Waals surface area contributed by atoms with Gasteiger partial charge in [0.05, 0.1) is 25.0 Å². The van der Waals surface area contributed by atoms with Crippen LogP contribution in [0.25, 0.3) is 0 Å². The molecule has 0 aromatic carbocycles. The van der Waals surface area contributed by atoms with Crippen LogP contribution < -0.4 is 10.9 Å². The van der Waals surface area contributed by atoms with Gasteiger partial charge in [0, 0.05) is 13.0 Å². The molecule has 0 amide bonds. The summed E-state index contributed by atoms with van der Waals surface area (Å²) in [6.45, 7) is 0.761. The predicted molar refractivity (Wildman–Crippen MR) is 69.8 cm³/mol. The summed E-state index contributed by atoms with van der Waals surface area (Å²) in [6.07, 6.45) is 8.22. The molecule has 2 N–H and O–H groups in total. The summed E-state index contributed by atoms with van der Waals surface area (Å²) < 4.78 is 1.62. The van der Waals surface area contributed by atoms with E-state index in [1.54, 1.807) is 6.20 Å². The van der Waals surface area contributed by atoms with Gasteiger partial charge < -0.3 is 10.4 Å². The van der Waals surface area contributed by atoms with E-state index >= 15 is 0 Å². The summed E-state index contributed by atoms with van der Waals surface area (Å²) in [5.41, 5.74) is 0.377. The Bertz CT molecular complexity index is 465. The largest absolute Gasteiger partial charge is 0.394 e. The number of anilines is 1. The molecule has 0 aliphatic carbocycles. The molecule has 0 atom stereocenters. The lowest BCUT2D eigenvalue weighted by Crippen LogP contribution is -2.26. The summed E-state index contributed by atoms with van der Waals surface area (Å²) in [4.78, 5) is 11.7. The number of rotatable bonds is 6. The van der Waals surface area contributed by atoms with Gasteiger partial charge in [-0.05, 0) is 22.4 Å². The highest BCUT2D eigenvalue weighted by molar-refractivity contribution is 9.10. The van der Waals surface area contributed by atoms with Crippen LogP contribution in [0.1, 0.15) is 12.8 Å². The third kappa shape index (κ3) is 3.88. The number of halogens is 1. The Hall–Kier alpha value is -1.32. The smallest absolute Gasteiger partial charge is 0.283 e. The number of hydrogen-bond donors (Lipinski definition) is 2. The lowest BCUT2D eigenvalue weighted by atomic mass is 10.3. The second kappa shape index (κ2) is 7.09. The Labute approximate surface area is 108 Å². The van der Waals surface area contributed by atoms with Crippen LogP contribution in [0.3, 0.4) is 0 Å². The fraction of sp³-hybridized carbons (Fsp3) is 0.455. The van der Waals surface area contributed by atoms with Crippen molar-refractivity contribution >= 4 is 21.6 Å². The van der Waals surface area contributed by atoms with E-state index in [4.69, 9.17) is 11.5 Å². The molecule has 0 aliphatic heterocycles. The fourth-order valence-corrected chi connectivity index (χ4v) is 1.70. The molecular formula is C11H14BrN3O2. The van der Waals surface area contributed by atoms with Crippen LogP contribution in [-0.4, -0.2) is 28.0 Å². The van der Waals surface area contributed by atoms with Crippen molar-refractivity contribution in [3.8, 4) is 12.3 Å². The van der Waals surface area contributed by atoms with Crippen molar-refractivity contribution in [3.05, 3.63) is 21.0 Å². The summed E-state index contributed by atoms with van der Waals surface area (Å²) in [5, 5.41) is 15.8. The first kappa shape index (κ1) is 13.7. The molecule has 0 fully saturated rings. The molecule has 5 nitrogen and oxygen atoms in total. The Morgan fingerprint density at radius 1 is 1.65 bits per heavy atom. The van der Waals surface area contributed by atoms with E-state index in [1.807, 2.05) is 0 Å². The Balaban J connectivity index is 2.72. The molecule has 1 aromatic heterocycles. The van der Waals surface area contributed by atoms with Crippen molar-refractivity contribution in [1.82, 2.24) is 9.78 Å².